The summed E-state index contributed by atoms with van der Waals surface area (Å²) in [6.07, 6.45) is 7.58. The Balaban J connectivity index is -0.000000666. The molecular weight excluding hydrogens is 671 g/mol. The number of hydrogen-bond donors (Lipinski definition) is 0. The van der Waals surface area contributed by atoms with Crippen LogP contribution in [0.15, 0.2) is 48.5 Å². The van der Waals surface area contributed by atoms with E-state index in [0.717, 1.165) is 0 Å². The molecule has 0 saturated carbocycles. The van der Waals surface area contributed by atoms with Crippen molar-refractivity contribution in [2.75, 3.05) is 0 Å². The van der Waals surface area contributed by atoms with E-state index in [4.69, 9.17) is 0 Å². The van der Waals surface area contributed by atoms with Gasteiger partial charge in [0.2, 0.25) is 0 Å². The van der Waals surface area contributed by atoms with Gasteiger partial charge in [0.15, 0.2) is 0 Å². The number of halogens is 2. The second-order valence-corrected chi connectivity index (χ2v) is 12.8. The zero-order valence-electron chi connectivity index (χ0n) is 30.0. The zero-order valence-corrected chi connectivity index (χ0v) is 35.1. The first-order valence-corrected chi connectivity index (χ1v) is 20.0. The van der Waals surface area contributed by atoms with Gasteiger partial charge in [-0.3, -0.25) is 0 Å². The van der Waals surface area contributed by atoms with Crippen molar-refractivity contribution < 1.29 is 23.3 Å². The maximum atomic E-state index is 3.06. The van der Waals surface area contributed by atoms with Gasteiger partial charge in [0.1, 0.15) is 0 Å². The topological polar surface area (TPSA) is 0 Å². The number of aryl methyl sites for hydroxylation is 2. The van der Waals surface area contributed by atoms with Gasteiger partial charge < -0.3 is 14.9 Å². The monoisotopic (exact) mass is 730 g/mol. The predicted octanol–water partition coefficient (Wildman–Crippen LogP) is 13.7. The zero-order chi connectivity index (χ0) is 30.0. The second-order valence-electron chi connectivity index (χ2n) is 12.8. The number of fused-ring (bicyclic) bond motifs is 2. The van der Waals surface area contributed by atoms with Crippen LogP contribution >= 0.6 is 24.8 Å². The normalized spacial score (nSPS) is 10.4. The molecular formula is C40H62Cl2SiZr-4. The minimum absolute atomic E-state index is 0. The molecule has 2 radical (unpaired) electrons. The van der Waals surface area contributed by atoms with Gasteiger partial charge in [0, 0.05) is 0 Å². The SMILES string of the molecule is CCCCc1cc2c(C(C)C)cc(C(C)C)cc2[cH-]1.CCCCc1cc2c(C(C)C)cc(C(C)C)cc2[cH-]1.Cl.Cl.[CH3-].[CH3-].[Si]=[Zr]. The van der Waals surface area contributed by atoms with Crippen molar-refractivity contribution in [1.29, 1.82) is 0 Å². The number of benzene rings is 2. The molecule has 4 heteroatoms. The van der Waals surface area contributed by atoms with E-state index in [9.17, 15) is 0 Å². The third kappa shape index (κ3) is 13.2. The molecule has 0 fully saturated rings. The molecule has 0 nitrogen and oxygen atoms in total. The average Bonchev–Trinajstić information content (AvgIpc) is 3.54. The Hall–Kier alpha value is -0.660. The molecule has 0 amide bonds. The van der Waals surface area contributed by atoms with Gasteiger partial charge >= 0.3 is 30.2 Å². The first-order chi connectivity index (χ1) is 19.0. The number of hydrogen-bond acceptors (Lipinski definition) is 0. The van der Waals surface area contributed by atoms with Gasteiger partial charge in [-0.05, 0) is 36.5 Å². The second kappa shape index (κ2) is 23.6. The molecule has 0 bridgehead atoms. The summed E-state index contributed by atoms with van der Waals surface area (Å²) in [6, 6.07) is 19.3. The van der Waals surface area contributed by atoms with Gasteiger partial charge in [-0.25, -0.2) is 0 Å². The third-order valence-electron chi connectivity index (χ3n) is 8.09. The van der Waals surface area contributed by atoms with Crippen molar-refractivity contribution in [3.63, 3.8) is 0 Å². The molecule has 248 valence electrons. The van der Waals surface area contributed by atoms with Crippen molar-refractivity contribution in [2.45, 2.75) is 131 Å². The van der Waals surface area contributed by atoms with Gasteiger partial charge in [-0.2, -0.15) is 12.1 Å². The van der Waals surface area contributed by atoms with Crippen LogP contribution in [0.1, 0.15) is 152 Å². The summed E-state index contributed by atoms with van der Waals surface area (Å²) in [4.78, 5) is 0. The Morgan fingerprint density at radius 3 is 1.11 bits per heavy atom. The molecule has 0 saturated heterocycles. The maximum absolute atomic E-state index is 3.06. The quantitative estimate of drug-likeness (QED) is 0.112. The van der Waals surface area contributed by atoms with Crippen LogP contribution in [-0.2, 0) is 36.2 Å². The summed E-state index contributed by atoms with van der Waals surface area (Å²) in [6.45, 7) is 25.9. The van der Waals surface area contributed by atoms with Crippen LogP contribution in [0, 0.1) is 14.9 Å². The molecule has 0 heterocycles. The molecule has 0 aliphatic heterocycles. The molecule has 0 aromatic heterocycles. The van der Waals surface area contributed by atoms with Crippen molar-refractivity contribution >= 4 is 53.2 Å². The fourth-order valence-corrected chi connectivity index (χ4v) is 5.54. The third-order valence-corrected chi connectivity index (χ3v) is 8.09. The van der Waals surface area contributed by atoms with E-state index in [1.54, 1.807) is 0 Å². The molecule has 0 N–H and O–H groups in total. The van der Waals surface area contributed by atoms with Crippen molar-refractivity contribution in [1.82, 2.24) is 0 Å². The van der Waals surface area contributed by atoms with Gasteiger partial charge in [-0.1, -0.05) is 129 Å². The summed E-state index contributed by atoms with van der Waals surface area (Å²) >= 11 is 1.36. The van der Waals surface area contributed by atoms with E-state index in [2.05, 4.69) is 125 Å². The minimum atomic E-state index is 0. The molecule has 4 aromatic carbocycles. The molecule has 0 spiro atoms. The average molecular weight is 733 g/mol. The van der Waals surface area contributed by atoms with Crippen LogP contribution in [0.5, 0.6) is 0 Å². The van der Waals surface area contributed by atoms with E-state index < -0.39 is 0 Å². The predicted molar refractivity (Wildman–Crippen MR) is 206 cm³/mol. The Kier molecular flexibility index (Phi) is 25.6. The summed E-state index contributed by atoms with van der Waals surface area (Å²) in [7, 11) is 0. The van der Waals surface area contributed by atoms with Crippen LogP contribution < -0.4 is 0 Å². The first-order valence-electron chi connectivity index (χ1n) is 15.8. The molecule has 4 aromatic rings. The van der Waals surface area contributed by atoms with E-state index in [1.165, 1.54) is 117 Å². The Morgan fingerprint density at radius 1 is 0.545 bits per heavy atom. The first kappa shape index (κ1) is 47.7. The van der Waals surface area contributed by atoms with E-state index >= 15 is 0 Å². The van der Waals surface area contributed by atoms with Gasteiger partial charge in [0.25, 0.3) is 0 Å². The van der Waals surface area contributed by atoms with E-state index in [0.29, 0.717) is 23.7 Å². The molecule has 0 atom stereocenters. The summed E-state index contributed by atoms with van der Waals surface area (Å²) < 4.78 is 0. The van der Waals surface area contributed by atoms with E-state index in [1.807, 2.05) is 0 Å². The summed E-state index contributed by atoms with van der Waals surface area (Å²) in [5.41, 5.74) is 9.01. The molecule has 0 unspecified atom stereocenters. The Morgan fingerprint density at radius 2 is 0.864 bits per heavy atom. The fourth-order valence-electron chi connectivity index (χ4n) is 5.54. The van der Waals surface area contributed by atoms with Crippen LogP contribution in [0.4, 0.5) is 0 Å². The van der Waals surface area contributed by atoms with Crippen LogP contribution in [0.2, 0.25) is 0 Å². The molecule has 0 aliphatic rings. The molecule has 4 rings (SSSR count). The molecule has 44 heavy (non-hydrogen) atoms. The van der Waals surface area contributed by atoms with Crippen molar-refractivity contribution in [2.24, 2.45) is 0 Å². The van der Waals surface area contributed by atoms with Crippen molar-refractivity contribution in [3.05, 3.63) is 96.8 Å². The number of unbranched alkanes of at least 4 members (excludes halogenated alkanes) is 2. The Bertz CT molecular complexity index is 1220. The van der Waals surface area contributed by atoms with Crippen LogP contribution in [0.3, 0.4) is 0 Å². The van der Waals surface area contributed by atoms with Gasteiger partial charge in [-0.15, -0.1) is 81.8 Å². The number of rotatable bonds is 10. The van der Waals surface area contributed by atoms with Crippen molar-refractivity contribution in [3.8, 4) is 0 Å². The van der Waals surface area contributed by atoms with Crippen LogP contribution in [0.25, 0.3) is 21.5 Å². The summed E-state index contributed by atoms with van der Waals surface area (Å²) in [5.74, 6) is 2.41. The standard InChI is InChI=1S/2C19H27.2CH3.2ClH.Si.Zr/c2*1-6-7-8-15-9-17-11-16(13(2)3)12-18(14(4)5)19(17)10-15;;;;;;/h2*9-14H,6-8H2,1-5H3;2*1H3;2*1H;;/q4*-1;;;;. The van der Waals surface area contributed by atoms with Crippen LogP contribution in [-0.4, -0.2) is 6.88 Å². The van der Waals surface area contributed by atoms with E-state index in [-0.39, 0.29) is 39.7 Å². The summed E-state index contributed by atoms with van der Waals surface area (Å²) in [5, 5.41) is 5.85. The Labute approximate surface area is 302 Å². The van der Waals surface area contributed by atoms with Gasteiger partial charge in [0.05, 0.1) is 0 Å². The fraction of sp³-hybridized carbons (Fsp3) is 0.500. The molecule has 0 aliphatic carbocycles.